The highest BCUT2D eigenvalue weighted by Crippen LogP contribution is 2.35. The topological polar surface area (TPSA) is 55.6 Å². The number of likely N-dealkylation sites (tertiary alicyclic amines) is 1. The number of hydrogen-bond acceptors (Lipinski definition) is 4. The van der Waals surface area contributed by atoms with Gasteiger partial charge in [-0.3, -0.25) is 4.79 Å². The number of hydrogen-bond donors (Lipinski definition) is 0. The van der Waals surface area contributed by atoms with Gasteiger partial charge in [-0.15, -0.1) is 0 Å². The SMILES string of the molecule is COc1ccc(-c2cc([C@@H]3CCCCCN3C(=O)C(C)(C)C)no2)cc1. The summed E-state index contributed by atoms with van der Waals surface area (Å²) in [6, 6.07) is 9.67. The third kappa shape index (κ3) is 3.92. The average Bonchev–Trinajstić information content (AvgIpc) is 2.98. The molecule has 1 aromatic carbocycles. The van der Waals surface area contributed by atoms with Crippen molar-refractivity contribution in [2.75, 3.05) is 13.7 Å². The van der Waals surface area contributed by atoms with Crippen molar-refractivity contribution in [3.8, 4) is 17.1 Å². The maximum atomic E-state index is 13.0. The molecule has 0 bridgehead atoms. The van der Waals surface area contributed by atoms with Crippen LogP contribution in [0.15, 0.2) is 34.9 Å². The molecule has 3 rings (SSSR count). The zero-order valence-corrected chi connectivity index (χ0v) is 16.1. The van der Waals surface area contributed by atoms with Gasteiger partial charge in [-0.25, -0.2) is 0 Å². The van der Waals surface area contributed by atoms with E-state index in [4.69, 9.17) is 9.26 Å². The van der Waals surface area contributed by atoms with Crippen LogP contribution in [0.1, 0.15) is 58.2 Å². The van der Waals surface area contributed by atoms with E-state index in [-0.39, 0.29) is 11.9 Å². The molecule has 5 nitrogen and oxygen atoms in total. The van der Waals surface area contributed by atoms with Gasteiger partial charge in [0, 0.05) is 23.6 Å². The molecule has 2 heterocycles. The molecular formula is C21H28N2O3. The van der Waals surface area contributed by atoms with Gasteiger partial charge < -0.3 is 14.2 Å². The molecule has 1 saturated heterocycles. The maximum Gasteiger partial charge on any atom is 0.228 e. The largest absolute Gasteiger partial charge is 0.497 e. The molecule has 2 aromatic rings. The minimum atomic E-state index is -0.398. The highest BCUT2D eigenvalue weighted by Gasteiger charge is 2.34. The van der Waals surface area contributed by atoms with E-state index < -0.39 is 5.41 Å². The number of rotatable bonds is 3. The zero-order valence-electron chi connectivity index (χ0n) is 16.1. The van der Waals surface area contributed by atoms with Gasteiger partial charge in [0.15, 0.2) is 5.76 Å². The lowest BCUT2D eigenvalue weighted by Gasteiger charge is -2.33. The first-order valence-corrected chi connectivity index (χ1v) is 9.32. The molecule has 5 heteroatoms. The molecule has 0 spiro atoms. The molecule has 1 aromatic heterocycles. The molecule has 1 amide bonds. The van der Waals surface area contributed by atoms with Crippen molar-refractivity contribution in [3.05, 3.63) is 36.0 Å². The van der Waals surface area contributed by atoms with Crippen molar-refractivity contribution >= 4 is 5.91 Å². The lowest BCUT2D eigenvalue weighted by molar-refractivity contribution is -0.142. The lowest BCUT2D eigenvalue weighted by Crippen LogP contribution is -2.41. The van der Waals surface area contributed by atoms with Crippen LogP contribution in [0.3, 0.4) is 0 Å². The normalized spacial score (nSPS) is 18.5. The quantitative estimate of drug-likeness (QED) is 0.789. The zero-order chi connectivity index (χ0) is 18.7. The van der Waals surface area contributed by atoms with Crippen LogP contribution in [0.25, 0.3) is 11.3 Å². The smallest absolute Gasteiger partial charge is 0.228 e. The van der Waals surface area contributed by atoms with E-state index in [2.05, 4.69) is 5.16 Å². The molecule has 26 heavy (non-hydrogen) atoms. The summed E-state index contributed by atoms with van der Waals surface area (Å²) >= 11 is 0. The highest BCUT2D eigenvalue weighted by atomic mass is 16.5. The fourth-order valence-electron chi connectivity index (χ4n) is 3.43. The molecule has 0 saturated carbocycles. The minimum absolute atomic E-state index is 0.0139. The Balaban J connectivity index is 1.87. The number of methoxy groups -OCH3 is 1. The summed E-state index contributed by atoms with van der Waals surface area (Å²) in [5.41, 5.74) is 1.40. The standard InChI is InChI=1S/C21H28N2O3/c1-21(2,3)20(24)23-13-7-5-6-8-18(23)17-14-19(26-22-17)15-9-11-16(25-4)12-10-15/h9-12,14,18H,5-8,13H2,1-4H3/t18-/m0/s1. The summed E-state index contributed by atoms with van der Waals surface area (Å²) in [6.07, 6.45) is 4.22. The van der Waals surface area contributed by atoms with Crippen LogP contribution in [-0.4, -0.2) is 29.6 Å². The third-order valence-electron chi connectivity index (χ3n) is 4.90. The predicted octanol–water partition coefficient (Wildman–Crippen LogP) is 4.84. The van der Waals surface area contributed by atoms with E-state index in [0.717, 1.165) is 55.0 Å². The summed E-state index contributed by atoms with van der Waals surface area (Å²) in [4.78, 5) is 15.0. The van der Waals surface area contributed by atoms with E-state index in [9.17, 15) is 4.79 Å². The highest BCUT2D eigenvalue weighted by molar-refractivity contribution is 5.82. The van der Waals surface area contributed by atoms with Crippen molar-refractivity contribution < 1.29 is 14.1 Å². The molecule has 1 aliphatic heterocycles. The van der Waals surface area contributed by atoms with Crippen LogP contribution in [0.5, 0.6) is 5.75 Å². The van der Waals surface area contributed by atoms with Gasteiger partial charge in [-0.2, -0.15) is 0 Å². The number of benzene rings is 1. The van der Waals surface area contributed by atoms with Crippen LogP contribution >= 0.6 is 0 Å². The van der Waals surface area contributed by atoms with E-state index in [1.165, 1.54) is 0 Å². The Hall–Kier alpha value is -2.30. The van der Waals surface area contributed by atoms with Crippen molar-refractivity contribution in [2.24, 2.45) is 5.41 Å². The third-order valence-corrected chi connectivity index (χ3v) is 4.90. The lowest BCUT2D eigenvalue weighted by atomic mass is 9.93. The van der Waals surface area contributed by atoms with Gasteiger partial charge in [0.05, 0.1) is 13.2 Å². The van der Waals surface area contributed by atoms with Gasteiger partial charge in [-0.1, -0.05) is 38.8 Å². The Morgan fingerprint density at radius 3 is 2.58 bits per heavy atom. The molecule has 0 aliphatic carbocycles. The monoisotopic (exact) mass is 356 g/mol. The number of ether oxygens (including phenoxy) is 1. The van der Waals surface area contributed by atoms with Crippen LogP contribution < -0.4 is 4.74 Å². The van der Waals surface area contributed by atoms with E-state index >= 15 is 0 Å². The molecule has 1 fully saturated rings. The van der Waals surface area contributed by atoms with Crippen molar-refractivity contribution in [3.63, 3.8) is 0 Å². The first kappa shape index (κ1) is 18.5. The fourth-order valence-corrected chi connectivity index (χ4v) is 3.43. The van der Waals surface area contributed by atoms with Crippen molar-refractivity contribution in [2.45, 2.75) is 52.5 Å². The average molecular weight is 356 g/mol. The van der Waals surface area contributed by atoms with E-state index in [1.54, 1.807) is 7.11 Å². The van der Waals surface area contributed by atoms with Gasteiger partial charge in [0.1, 0.15) is 11.4 Å². The molecular weight excluding hydrogens is 328 g/mol. The van der Waals surface area contributed by atoms with Crippen LogP contribution in [0.4, 0.5) is 0 Å². The van der Waals surface area contributed by atoms with Crippen molar-refractivity contribution in [1.82, 2.24) is 10.1 Å². The Bertz CT molecular complexity index is 743. The molecule has 0 N–H and O–H groups in total. The van der Waals surface area contributed by atoms with Gasteiger partial charge in [0.25, 0.3) is 0 Å². The number of nitrogens with zero attached hydrogens (tertiary/aromatic N) is 2. The van der Waals surface area contributed by atoms with Gasteiger partial charge in [0.2, 0.25) is 5.91 Å². The fraction of sp³-hybridized carbons (Fsp3) is 0.524. The molecule has 140 valence electrons. The molecule has 1 aliphatic rings. The van der Waals surface area contributed by atoms with Crippen LogP contribution in [0, 0.1) is 5.41 Å². The van der Waals surface area contributed by atoms with Gasteiger partial charge in [-0.05, 0) is 37.1 Å². The van der Waals surface area contributed by atoms with Crippen molar-refractivity contribution in [1.29, 1.82) is 0 Å². The second kappa shape index (κ2) is 7.52. The molecule has 0 radical (unpaired) electrons. The van der Waals surface area contributed by atoms with Gasteiger partial charge >= 0.3 is 0 Å². The van der Waals surface area contributed by atoms with E-state index in [1.807, 2.05) is 56.0 Å². The Kier molecular flexibility index (Phi) is 5.35. The Labute approximate surface area is 155 Å². The Morgan fingerprint density at radius 2 is 1.92 bits per heavy atom. The number of carbonyl (C=O) groups is 1. The summed E-state index contributed by atoms with van der Waals surface area (Å²) in [5, 5.41) is 4.32. The van der Waals surface area contributed by atoms with Crippen LogP contribution in [0.2, 0.25) is 0 Å². The number of aromatic nitrogens is 1. The first-order chi connectivity index (χ1) is 12.4. The number of carbonyl (C=O) groups excluding carboxylic acids is 1. The predicted molar refractivity (Wildman–Crippen MR) is 101 cm³/mol. The summed E-state index contributed by atoms with van der Waals surface area (Å²) in [5.74, 6) is 1.70. The Morgan fingerprint density at radius 1 is 1.19 bits per heavy atom. The molecule has 0 unspecified atom stereocenters. The summed E-state index contributed by atoms with van der Waals surface area (Å²) < 4.78 is 10.8. The second-order valence-corrected chi connectivity index (χ2v) is 7.96. The maximum absolute atomic E-state index is 13.0. The molecule has 1 atom stereocenters. The van der Waals surface area contributed by atoms with Crippen LogP contribution in [-0.2, 0) is 4.79 Å². The first-order valence-electron chi connectivity index (χ1n) is 9.32. The minimum Gasteiger partial charge on any atom is -0.497 e. The van der Waals surface area contributed by atoms with E-state index in [0.29, 0.717) is 0 Å². The second-order valence-electron chi connectivity index (χ2n) is 7.96. The summed E-state index contributed by atoms with van der Waals surface area (Å²) in [7, 11) is 1.65. The summed E-state index contributed by atoms with van der Waals surface area (Å²) in [6.45, 7) is 6.71. The number of amides is 1.